The van der Waals surface area contributed by atoms with E-state index < -0.39 is 0 Å². The molecule has 6 heteroatoms. The van der Waals surface area contributed by atoms with Crippen LogP contribution in [0.4, 0.5) is 0 Å². The average molecular weight is 449 g/mol. The molecule has 2 fully saturated rings. The fourth-order valence-corrected chi connectivity index (χ4v) is 5.25. The SMILES string of the molecule is Cc1cc(Cc2ccccc2C)cc(C2CCCN(CC(=O)N3CCC(C(N)=O)CC3)C2)n1. The molecular weight excluding hydrogens is 412 g/mol. The van der Waals surface area contributed by atoms with Crippen molar-refractivity contribution < 1.29 is 9.59 Å². The van der Waals surface area contributed by atoms with Crippen LogP contribution in [0.25, 0.3) is 0 Å². The normalized spacial score (nSPS) is 20.1. The van der Waals surface area contributed by atoms with E-state index >= 15 is 0 Å². The maximum absolute atomic E-state index is 12.9. The van der Waals surface area contributed by atoms with Crippen molar-refractivity contribution in [2.75, 3.05) is 32.7 Å². The number of likely N-dealkylation sites (tertiary alicyclic amines) is 2. The second kappa shape index (κ2) is 10.5. The Hall–Kier alpha value is -2.73. The van der Waals surface area contributed by atoms with Crippen LogP contribution in [0.15, 0.2) is 36.4 Å². The number of nitrogens with two attached hydrogens (primary N) is 1. The molecule has 1 unspecified atom stereocenters. The number of hydrogen-bond acceptors (Lipinski definition) is 4. The lowest BCUT2D eigenvalue weighted by Crippen LogP contribution is -2.47. The van der Waals surface area contributed by atoms with Crippen LogP contribution >= 0.6 is 0 Å². The first-order chi connectivity index (χ1) is 15.9. The van der Waals surface area contributed by atoms with Gasteiger partial charge in [0.2, 0.25) is 11.8 Å². The Morgan fingerprint density at radius 1 is 1.06 bits per heavy atom. The summed E-state index contributed by atoms with van der Waals surface area (Å²) in [7, 11) is 0. The topological polar surface area (TPSA) is 79.5 Å². The van der Waals surface area contributed by atoms with Gasteiger partial charge in [-0.1, -0.05) is 24.3 Å². The Balaban J connectivity index is 1.38. The molecule has 2 N–H and O–H groups in total. The molecule has 176 valence electrons. The summed E-state index contributed by atoms with van der Waals surface area (Å²) < 4.78 is 0. The van der Waals surface area contributed by atoms with Crippen LogP contribution in [-0.4, -0.2) is 59.3 Å². The minimum Gasteiger partial charge on any atom is -0.369 e. The van der Waals surface area contributed by atoms with E-state index in [0.717, 1.165) is 43.7 Å². The first-order valence-electron chi connectivity index (χ1n) is 12.2. The van der Waals surface area contributed by atoms with Crippen LogP contribution in [0.3, 0.4) is 0 Å². The molecule has 4 rings (SSSR count). The minimum atomic E-state index is -0.242. The van der Waals surface area contributed by atoms with E-state index in [1.54, 1.807) is 0 Å². The molecule has 0 bridgehead atoms. The predicted octanol–water partition coefficient (Wildman–Crippen LogP) is 3.19. The molecule has 1 aromatic heterocycles. The zero-order chi connectivity index (χ0) is 23.4. The van der Waals surface area contributed by atoms with Crippen LogP contribution in [-0.2, 0) is 16.0 Å². The number of primary amides is 1. The van der Waals surface area contributed by atoms with Gasteiger partial charge in [-0.3, -0.25) is 19.5 Å². The molecule has 0 spiro atoms. The lowest BCUT2D eigenvalue weighted by atomic mass is 9.91. The number of hydrogen-bond donors (Lipinski definition) is 1. The molecule has 2 aliphatic rings. The van der Waals surface area contributed by atoms with Crippen molar-refractivity contribution in [1.82, 2.24) is 14.8 Å². The van der Waals surface area contributed by atoms with E-state index in [9.17, 15) is 9.59 Å². The van der Waals surface area contributed by atoms with E-state index in [2.05, 4.69) is 55.1 Å². The fourth-order valence-electron chi connectivity index (χ4n) is 5.25. The Morgan fingerprint density at radius 2 is 1.82 bits per heavy atom. The number of piperidine rings is 2. The average Bonchev–Trinajstić information content (AvgIpc) is 2.80. The van der Waals surface area contributed by atoms with E-state index in [1.165, 1.54) is 16.7 Å². The molecule has 6 nitrogen and oxygen atoms in total. The van der Waals surface area contributed by atoms with Crippen molar-refractivity contribution in [2.24, 2.45) is 11.7 Å². The molecule has 0 radical (unpaired) electrons. The Kier molecular flexibility index (Phi) is 7.43. The number of aromatic nitrogens is 1. The summed E-state index contributed by atoms with van der Waals surface area (Å²) in [6, 6.07) is 13.0. The number of carbonyl (C=O) groups excluding carboxylic acids is 2. The standard InChI is InChI=1S/C27H36N4O2/c1-19-6-3-4-7-23(19)15-21-14-20(2)29-25(16-21)24-8-5-11-30(17-24)18-26(32)31-12-9-22(10-13-31)27(28)33/h3-4,6-7,14,16,22,24H,5,8-13,15,17-18H2,1-2H3,(H2,28,33). The number of rotatable bonds is 6. The van der Waals surface area contributed by atoms with Crippen molar-refractivity contribution >= 4 is 11.8 Å². The number of amides is 2. The van der Waals surface area contributed by atoms with E-state index in [1.807, 2.05) is 4.90 Å². The third kappa shape index (κ3) is 5.99. The van der Waals surface area contributed by atoms with E-state index in [-0.39, 0.29) is 17.7 Å². The largest absolute Gasteiger partial charge is 0.369 e. The van der Waals surface area contributed by atoms with Gasteiger partial charge < -0.3 is 10.6 Å². The van der Waals surface area contributed by atoms with Crippen LogP contribution < -0.4 is 5.73 Å². The van der Waals surface area contributed by atoms with Gasteiger partial charge in [0.1, 0.15) is 0 Å². The second-order valence-corrected chi connectivity index (χ2v) is 9.78. The molecule has 2 aliphatic heterocycles. The minimum absolute atomic E-state index is 0.0883. The smallest absolute Gasteiger partial charge is 0.236 e. The second-order valence-electron chi connectivity index (χ2n) is 9.78. The first kappa shape index (κ1) is 23.4. The summed E-state index contributed by atoms with van der Waals surface area (Å²) in [4.78, 5) is 33.3. The van der Waals surface area contributed by atoms with Crippen LogP contribution in [0.5, 0.6) is 0 Å². The maximum atomic E-state index is 12.9. The summed E-state index contributed by atoms with van der Waals surface area (Å²) in [5, 5.41) is 0. The van der Waals surface area contributed by atoms with E-state index in [4.69, 9.17) is 10.7 Å². The van der Waals surface area contributed by atoms with Crippen molar-refractivity contribution in [3.8, 4) is 0 Å². The zero-order valence-electron chi connectivity index (χ0n) is 19.9. The highest BCUT2D eigenvalue weighted by atomic mass is 16.2. The molecular formula is C27H36N4O2. The van der Waals surface area contributed by atoms with E-state index in [0.29, 0.717) is 38.4 Å². The quantitative estimate of drug-likeness (QED) is 0.736. The number of nitrogens with zero attached hydrogens (tertiary/aromatic N) is 3. The van der Waals surface area contributed by atoms with Crippen LogP contribution in [0.2, 0.25) is 0 Å². The van der Waals surface area contributed by atoms with Gasteiger partial charge in [-0.25, -0.2) is 0 Å². The number of pyridine rings is 1. The Bertz CT molecular complexity index is 997. The van der Waals surface area contributed by atoms with Crippen molar-refractivity contribution in [3.05, 3.63) is 64.5 Å². The summed E-state index contributed by atoms with van der Waals surface area (Å²) in [5.74, 6) is 0.182. The summed E-state index contributed by atoms with van der Waals surface area (Å²) >= 11 is 0. The fraction of sp³-hybridized carbons (Fsp3) is 0.519. The van der Waals surface area contributed by atoms with Gasteiger partial charge in [0.15, 0.2) is 0 Å². The van der Waals surface area contributed by atoms with Gasteiger partial charge in [-0.15, -0.1) is 0 Å². The lowest BCUT2D eigenvalue weighted by Gasteiger charge is -2.35. The van der Waals surface area contributed by atoms with Gasteiger partial charge in [0.05, 0.1) is 6.54 Å². The molecule has 3 heterocycles. The van der Waals surface area contributed by atoms with Gasteiger partial charge in [-0.05, 0) is 81.3 Å². The molecule has 1 atom stereocenters. The molecule has 2 aromatic rings. The molecule has 0 saturated carbocycles. The highest BCUT2D eigenvalue weighted by molar-refractivity contribution is 5.80. The molecule has 2 amide bonds. The third-order valence-corrected chi connectivity index (χ3v) is 7.22. The molecule has 1 aromatic carbocycles. The first-order valence-corrected chi connectivity index (χ1v) is 12.2. The van der Waals surface area contributed by atoms with Gasteiger partial charge in [-0.2, -0.15) is 0 Å². The lowest BCUT2D eigenvalue weighted by molar-refractivity contribution is -0.136. The highest BCUT2D eigenvalue weighted by Gasteiger charge is 2.29. The van der Waals surface area contributed by atoms with Crippen molar-refractivity contribution in [1.29, 1.82) is 0 Å². The summed E-state index contributed by atoms with van der Waals surface area (Å²) in [5.41, 5.74) is 11.6. The van der Waals surface area contributed by atoms with Gasteiger partial charge in [0.25, 0.3) is 0 Å². The van der Waals surface area contributed by atoms with Crippen molar-refractivity contribution in [2.45, 2.75) is 51.9 Å². The Labute approximate surface area is 197 Å². The van der Waals surface area contributed by atoms with Crippen LogP contribution in [0.1, 0.15) is 59.7 Å². The zero-order valence-corrected chi connectivity index (χ0v) is 19.9. The number of carbonyl (C=O) groups is 2. The number of benzene rings is 1. The van der Waals surface area contributed by atoms with Gasteiger partial charge >= 0.3 is 0 Å². The van der Waals surface area contributed by atoms with Crippen molar-refractivity contribution in [3.63, 3.8) is 0 Å². The molecule has 33 heavy (non-hydrogen) atoms. The molecule has 2 saturated heterocycles. The third-order valence-electron chi connectivity index (χ3n) is 7.22. The van der Waals surface area contributed by atoms with Gasteiger partial charge in [0, 0.05) is 42.9 Å². The molecule has 0 aliphatic carbocycles. The Morgan fingerprint density at radius 3 is 2.55 bits per heavy atom. The predicted molar refractivity (Wildman–Crippen MR) is 130 cm³/mol. The van der Waals surface area contributed by atoms with Crippen LogP contribution in [0, 0.1) is 19.8 Å². The maximum Gasteiger partial charge on any atom is 0.236 e. The highest BCUT2D eigenvalue weighted by Crippen LogP contribution is 2.28. The number of aryl methyl sites for hydroxylation is 2. The monoisotopic (exact) mass is 448 g/mol. The summed E-state index contributed by atoms with van der Waals surface area (Å²) in [6.45, 7) is 7.75. The summed E-state index contributed by atoms with van der Waals surface area (Å²) in [6.07, 6.45) is 4.46.